The fourth-order valence-electron chi connectivity index (χ4n) is 2.07. The van der Waals surface area contributed by atoms with Crippen molar-refractivity contribution in [3.63, 3.8) is 0 Å². The third-order valence-corrected chi connectivity index (χ3v) is 3.05. The molecule has 1 aromatic heterocycles. The molecule has 0 aliphatic carbocycles. The van der Waals surface area contributed by atoms with Crippen molar-refractivity contribution in [1.82, 2.24) is 4.98 Å². The van der Waals surface area contributed by atoms with Crippen molar-refractivity contribution in [1.29, 1.82) is 0 Å². The van der Waals surface area contributed by atoms with E-state index in [0.29, 0.717) is 16.8 Å². The summed E-state index contributed by atoms with van der Waals surface area (Å²) >= 11 is 0. The third-order valence-electron chi connectivity index (χ3n) is 3.05. The van der Waals surface area contributed by atoms with E-state index in [2.05, 4.69) is 15.6 Å². The lowest BCUT2D eigenvalue weighted by molar-refractivity contribution is -0.114. The number of hydrogen-bond acceptors (Lipinski definition) is 4. The Labute approximate surface area is 130 Å². The smallest absolute Gasteiger partial charge is 0.302 e. The Morgan fingerprint density at radius 3 is 2.65 bits per heavy atom. The molecule has 1 heterocycles. The number of benzene rings is 2. The Kier molecular flexibility index (Phi) is 3.76. The molecule has 3 aromatic rings. The van der Waals surface area contributed by atoms with E-state index in [0.717, 1.165) is 0 Å². The van der Waals surface area contributed by atoms with Crippen molar-refractivity contribution < 1.29 is 18.4 Å². The van der Waals surface area contributed by atoms with Crippen LogP contribution in [0.15, 0.2) is 46.9 Å². The Bertz CT molecular complexity index is 904. The van der Waals surface area contributed by atoms with Crippen LogP contribution in [0, 0.1) is 5.82 Å². The summed E-state index contributed by atoms with van der Waals surface area (Å²) in [4.78, 5) is 27.1. The number of oxazole rings is 1. The van der Waals surface area contributed by atoms with Gasteiger partial charge < -0.3 is 9.73 Å². The van der Waals surface area contributed by atoms with Gasteiger partial charge in [0.05, 0.1) is 5.56 Å². The van der Waals surface area contributed by atoms with Crippen LogP contribution in [0.4, 0.5) is 16.1 Å². The molecule has 0 fully saturated rings. The van der Waals surface area contributed by atoms with Crippen molar-refractivity contribution in [3.05, 3.63) is 53.8 Å². The molecule has 0 unspecified atom stereocenters. The highest BCUT2D eigenvalue weighted by Crippen LogP contribution is 2.23. The van der Waals surface area contributed by atoms with Crippen molar-refractivity contribution in [2.45, 2.75) is 6.92 Å². The number of hydrogen-bond donors (Lipinski definition) is 2. The van der Waals surface area contributed by atoms with Crippen LogP contribution in [0.2, 0.25) is 0 Å². The Hall–Kier alpha value is -3.22. The highest BCUT2D eigenvalue weighted by atomic mass is 19.1. The van der Waals surface area contributed by atoms with Gasteiger partial charge >= 0.3 is 6.01 Å². The van der Waals surface area contributed by atoms with Gasteiger partial charge in [-0.15, -0.1) is 0 Å². The fraction of sp³-hybridized carbons (Fsp3) is 0.0625. The minimum Gasteiger partial charge on any atom is -0.423 e. The second-order valence-corrected chi connectivity index (χ2v) is 4.82. The molecule has 0 radical (unpaired) electrons. The largest absolute Gasteiger partial charge is 0.423 e. The SMILES string of the molecule is CC(=O)Nc1ccc2nc(NC(=O)c3ccccc3F)oc2c1. The first-order chi connectivity index (χ1) is 11.0. The summed E-state index contributed by atoms with van der Waals surface area (Å²) in [7, 11) is 0. The number of anilines is 2. The number of halogens is 1. The van der Waals surface area contributed by atoms with Gasteiger partial charge in [-0.25, -0.2) is 4.39 Å². The molecular weight excluding hydrogens is 301 g/mol. The minimum atomic E-state index is -0.656. The summed E-state index contributed by atoms with van der Waals surface area (Å²) in [5, 5.41) is 5.02. The van der Waals surface area contributed by atoms with Gasteiger partial charge in [-0.3, -0.25) is 14.9 Å². The summed E-state index contributed by atoms with van der Waals surface area (Å²) in [6.45, 7) is 1.39. The third kappa shape index (κ3) is 3.18. The predicted octanol–water partition coefficient (Wildman–Crippen LogP) is 3.18. The average molecular weight is 313 g/mol. The Morgan fingerprint density at radius 1 is 1.13 bits per heavy atom. The van der Waals surface area contributed by atoms with E-state index in [1.165, 1.54) is 25.1 Å². The summed E-state index contributed by atoms with van der Waals surface area (Å²) in [6, 6.07) is 10.5. The predicted molar refractivity (Wildman–Crippen MR) is 82.7 cm³/mol. The Morgan fingerprint density at radius 2 is 1.91 bits per heavy atom. The maximum absolute atomic E-state index is 13.6. The molecule has 0 atom stereocenters. The standard InChI is InChI=1S/C16H12FN3O3/c1-9(21)18-10-6-7-13-14(8-10)23-16(19-13)20-15(22)11-4-2-3-5-12(11)17/h2-8H,1H3,(H,18,21)(H,19,20,22). The van der Waals surface area contributed by atoms with E-state index in [-0.39, 0.29) is 17.5 Å². The number of carbonyl (C=O) groups excluding carboxylic acids is 2. The van der Waals surface area contributed by atoms with E-state index in [1.54, 1.807) is 24.3 Å². The van der Waals surface area contributed by atoms with Crippen LogP contribution in [0.1, 0.15) is 17.3 Å². The second-order valence-electron chi connectivity index (χ2n) is 4.82. The fourth-order valence-corrected chi connectivity index (χ4v) is 2.07. The van der Waals surface area contributed by atoms with E-state index < -0.39 is 11.7 Å². The van der Waals surface area contributed by atoms with Crippen LogP contribution >= 0.6 is 0 Å². The molecule has 6 nitrogen and oxygen atoms in total. The summed E-state index contributed by atoms with van der Waals surface area (Å²) < 4.78 is 19.0. The van der Waals surface area contributed by atoms with E-state index in [1.807, 2.05) is 0 Å². The van der Waals surface area contributed by atoms with Crippen LogP contribution in [0.25, 0.3) is 11.1 Å². The quantitative estimate of drug-likeness (QED) is 0.778. The number of amides is 2. The Balaban J connectivity index is 1.85. The second kappa shape index (κ2) is 5.88. The molecule has 7 heteroatoms. The number of rotatable bonds is 3. The summed E-state index contributed by atoms with van der Waals surface area (Å²) in [5.41, 5.74) is 1.34. The number of nitrogens with one attached hydrogen (secondary N) is 2. The summed E-state index contributed by atoms with van der Waals surface area (Å²) in [6.07, 6.45) is 0. The lowest BCUT2D eigenvalue weighted by Crippen LogP contribution is -2.13. The van der Waals surface area contributed by atoms with Crippen molar-refractivity contribution in [3.8, 4) is 0 Å². The monoisotopic (exact) mass is 313 g/mol. The van der Waals surface area contributed by atoms with Crippen LogP contribution in [-0.2, 0) is 4.79 Å². The van der Waals surface area contributed by atoms with Gasteiger partial charge in [0.1, 0.15) is 11.3 Å². The molecular formula is C16H12FN3O3. The van der Waals surface area contributed by atoms with Crippen molar-refractivity contribution in [2.24, 2.45) is 0 Å². The van der Waals surface area contributed by atoms with Crippen LogP contribution in [0.3, 0.4) is 0 Å². The lowest BCUT2D eigenvalue weighted by atomic mass is 10.2. The first-order valence-electron chi connectivity index (χ1n) is 6.77. The van der Waals surface area contributed by atoms with Crippen LogP contribution in [0.5, 0.6) is 0 Å². The molecule has 2 N–H and O–H groups in total. The van der Waals surface area contributed by atoms with Gasteiger partial charge in [0.25, 0.3) is 5.91 Å². The maximum atomic E-state index is 13.6. The van der Waals surface area contributed by atoms with Crippen LogP contribution in [-0.4, -0.2) is 16.8 Å². The van der Waals surface area contributed by atoms with Gasteiger partial charge in [-0.2, -0.15) is 4.98 Å². The first-order valence-corrected chi connectivity index (χ1v) is 6.77. The number of aromatic nitrogens is 1. The first kappa shape index (κ1) is 14.7. The van der Waals surface area contributed by atoms with Crippen molar-refractivity contribution in [2.75, 3.05) is 10.6 Å². The van der Waals surface area contributed by atoms with Gasteiger partial charge in [0.15, 0.2) is 5.58 Å². The molecule has 116 valence electrons. The van der Waals surface area contributed by atoms with Gasteiger partial charge in [0, 0.05) is 18.7 Å². The summed E-state index contributed by atoms with van der Waals surface area (Å²) in [5.74, 6) is -1.50. The molecule has 0 saturated carbocycles. The van der Waals surface area contributed by atoms with E-state index >= 15 is 0 Å². The van der Waals surface area contributed by atoms with Gasteiger partial charge in [-0.1, -0.05) is 12.1 Å². The molecule has 0 aliphatic rings. The van der Waals surface area contributed by atoms with Crippen molar-refractivity contribution >= 4 is 34.6 Å². The number of fused-ring (bicyclic) bond motifs is 1. The van der Waals surface area contributed by atoms with Crippen LogP contribution < -0.4 is 10.6 Å². The molecule has 3 rings (SSSR count). The molecule has 0 saturated heterocycles. The topological polar surface area (TPSA) is 84.2 Å². The lowest BCUT2D eigenvalue weighted by Gasteiger charge is -2.01. The molecule has 2 aromatic carbocycles. The van der Waals surface area contributed by atoms with E-state index in [9.17, 15) is 14.0 Å². The zero-order valence-corrected chi connectivity index (χ0v) is 12.1. The average Bonchev–Trinajstić information content (AvgIpc) is 2.88. The molecule has 0 bridgehead atoms. The molecule has 0 spiro atoms. The highest BCUT2D eigenvalue weighted by Gasteiger charge is 2.14. The molecule has 2 amide bonds. The van der Waals surface area contributed by atoms with E-state index in [4.69, 9.17) is 4.42 Å². The highest BCUT2D eigenvalue weighted by molar-refractivity contribution is 6.03. The normalized spacial score (nSPS) is 10.5. The van der Waals surface area contributed by atoms with Gasteiger partial charge in [-0.05, 0) is 24.3 Å². The number of carbonyl (C=O) groups is 2. The molecule has 23 heavy (non-hydrogen) atoms. The minimum absolute atomic E-state index is 0.0479. The maximum Gasteiger partial charge on any atom is 0.302 e. The molecule has 0 aliphatic heterocycles. The van der Waals surface area contributed by atoms with Gasteiger partial charge in [0.2, 0.25) is 5.91 Å². The number of nitrogens with zero attached hydrogens (tertiary/aromatic N) is 1. The zero-order chi connectivity index (χ0) is 16.4. The zero-order valence-electron chi connectivity index (χ0n) is 12.1.